The highest BCUT2D eigenvalue weighted by molar-refractivity contribution is 6.30. The minimum atomic E-state index is 0.642. The second-order valence-corrected chi connectivity index (χ2v) is 5.70. The summed E-state index contributed by atoms with van der Waals surface area (Å²) in [6.45, 7) is 2.83. The third kappa shape index (κ3) is 4.86. The highest BCUT2D eigenvalue weighted by Gasteiger charge is 2.13. The van der Waals surface area contributed by atoms with Crippen molar-refractivity contribution >= 4 is 23.0 Å². The van der Waals surface area contributed by atoms with Crippen molar-refractivity contribution in [3.8, 4) is 11.1 Å². The summed E-state index contributed by atoms with van der Waals surface area (Å²) in [7, 11) is 3.41. The average Bonchev–Trinajstić information content (AvgIpc) is 2.55. The Morgan fingerprint density at radius 3 is 2.30 bits per heavy atom. The Labute approximate surface area is 142 Å². The van der Waals surface area contributed by atoms with E-state index in [1.807, 2.05) is 42.5 Å². The van der Waals surface area contributed by atoms with Crippen molar-refractivity contribution in [2.24, 2.45) is 0 Å². The first-order valence-corrected chi connectivity index (χ1v) is 7.91. The van der Waals surface area contributed by atoms with Crippen LogP contribution in [0.1, 0.15) is 0 Å². The molecule has 2 aromatic rings. The topological polar surface area (TPSA) is 47.7 Å². The highest BCUT2D eigenvalue weighted by atomic mass is 35.5. The molecular formula is C18H23ClN2O2. The molecule has 0 atom stereocenters. The molecule has 2 aromatic carbocycles. The number of anilines is 2. The van der Waals surface area contributed by atoms with Crippen molar-refractivity contribution in [1.29, 1.82) is 0 Å². The Bertz CT molecular complexity index is 626. The van der Waals surface area contributed by atoms with Crippen LogP contribution in [-0.2, 0) is 9.47 Å². The number of nitrogen functional groups attached to an aromatic ring is 1. The lowest BCUT2D eigenvalue weighted by Gasteiger charge is -2.27. The second kappa shape index (κ2) is 8.77. The van der Waals surface area contributed by atoms with Gasteiger partial charge in [0.1, 0.15) is 0 Å². The fourth-order valence-corrected chi connectivity index (χ4v) is 2.66. The van der Waals surface area contributed by atoms with Gasteiger partial charge in [-0.2, -0.15) is 0 Å². The molecule has 124 valence electrons. The number of hydrogen-bond donors (Lipinski definition) is 1. The van der Waals surface area contributed by atoms with Crippen LogP contribution in [0.25, 0.3) is 11.1 Å². The Balaban J connectivity index is 2.42. The van der Waals surface area contributed by atoms with E-state index >= 15 is 0 Å². The van der Waals surface area contributed by atoms with Gasteiger partial charge in [-0.15, -0.1) is 0 Å². The molecule has 0 spiro atoms. The number of halogens is 1. The van der Waals surface area contributed by atoms with Gasteiger partial charge in [-0.25, -0.2) is 0 Å². The number of rotatable bonds is 8. The van der Waals surface area contributed by atoms with Gasteiger partial charge in [0.2, 0.25) is 0 Å². The quantitative estimate of drug-likeness (QED) is 0.748. The van der Waals surface area contributed by atoms with Crippen LogP contribution >= 0.6 is 11.6 Å². The smallest absolute Gasteiger partial charge is 0.0637 e. The maximum absolute atomic E-state index is 6.15. The summed E-state index contributed by atoms with van der Waals surface area (Å²) >= 11 is 6.15. The molecule has 0 saturated carbocycles. The number of nitrogens with two attached hydrogens (primary N) is 1. The number of nitrogens with zero attached hydrogens (tertiary/aromatic N) is 1. The lowest BCUT2D eigenvalue weighted by molar-refractivity contribution is 0.190. The first-order chi connectivity index (χ1) is 11.2. The summed E-state index contributed by atoms with van der Waals surface area (Å²) < 4.78 is 10.5. The van der Waals surface area contributed by atoms with E-state index in [9.17, 15) is 0 Å². The van der Waals surface area contributed by atoms with Crippen LogP contribution in [0.5, 0.6) is 0 Å². The predicted octanol–water partition coefficient (Wildman–Crippen LogP) is 3.69. The van der Waals surface area contributed by atoms with E-state index in [1.165, 1.54) is 0 Å². The van der Waals surface area contributed by atoms with Gasteiger partial charge in [-0.3, -0.25) is 0 Å². The van der Waals surface area contributed by atoms with E-state index < -0.39 is 0 Å². The van der Waals surface area contributed by atoms with E-state index in [-0.39, 0.29) is 0 Å². The summed E-state index contributed by atoms with van der Waals surface area (Å²) in [5.41, 5.74) is 9.92. The molecule has 0 fully saturated rings. The normalized spacial score (nSPS) is 10.7. The Kier molecular flexibility index (Phi) is 6.71. The minimum Gasteiger partial charge on any atom is -0.399 e. The lowest BCUT2D eigenvalue weighted by Crippen LogP contribution is -2.31. The fourth-order valence-electron chi connectivity index (χ4n) is 2.47. The van der Waals surface area contributed by atoms with Gasteiger partial charge in [-0.05, 0) is 35.9 Å². The summed E-state index contributed by atoms with van der Waals surface area (Å²) in [5.74, 6) is 0. The third-order valence-corrected chi connectivity index (χ3v) is 3.86. The van der Waals surface area contributed by atoms with Crippen LogP contribution < -0.4 is 10.6 Å². The molecule has 0 heterocycles. The van der Waals surface area contributed by atoms with Crippen LogP contribution in [0.15, 0.2) is 42.5 Å². The Morgan fingerprint density at radius 1 is 1.00 bits per heavy atom. The maximum atomic E-state index is 6.15. The van der Waals surface area contributed by atoms with Crippen LogP contribution in [0, 0.1) is 0 Å². The summed E-state index contributed by atoms with van der Waals surface area (Å²) in [4.78, 5) is 2.24. The van der Waals surface area contributed by atoms with Crippen LogP contribution in [0.3, 0.4) is 0 Å². The average molecular weight is 335 g/mol. The van der Waals surface area contributed by atoms with Gasteiger partial charge in [0.05, 0.1) is 13.2 Å². The molecule has 0 bridgehead atoms. The van der Waals surface area contributed by atoms with Crippen LogP contribution in [-0.4, -0.2) is 40.5 Å². The van der Waals surface area contributed by atoms with Crippen molar-refractivity contribution in [2.75, 3.05) is 51.2 Å². The number of ether oxygens (including phenoxy) is 2. The summed E-state index contributed by atoms with van der Waals surface area (Å²) in [6, 6.07) is 13.7. The fraction of sp³-hybridized carbons (Fsp3) is 0.333. The molecule has 4 nitrogen and oxygen atoms in total. The molecular weight excluding hydrogens is 312 g/mol. The monoisotopic (exact) mass is 334 g/mol. The molecule has 23 heavy (non-hydrogen) atoms. The highest BCUT2D eigenvalue weighted by Crippen LogP contribution is 2.33. The van der Waals surface area contributed by atoms with E-state index in [0.29, 0.717) is 18.2 Å². The van der Waals surface area contributed by atoms with Gasteiger partial charge in [-0.1, -0.05) is 23.7 Å². The summed E-state index contributed by atoms with van der Waals surface area (Å²) in [6.07, 6.45) is 0. The Morgan fingerprint density at radius 2 is 1.70 bits per heavy atom. The number of benzene rings is 2. The first-order valence-electron chi connectivity index (χ1n) is 7.54. The molecule has 0 saturated heterocycles. The minimum absolute atomic E-state index is 0.642. The first kappa shape index (κ1) is 17.6. The molecule has 5 heteroatoms. The largest absolute Gasteiger partial charge is 0.399 e. The van der Waals surface area contributed by atoms with Crippen molar-refractivity contribution < 1.29 is 9.47 Å². The molecule has 0 aliphatic rings. The maximum Gasteiger partial charge on any atom is 0.0637 e. The SMILES string of the molecule is COCCN(CCOC)c1ccc(N)cc1-c1cccc(Cl)c1. The Hall–Kier alpha value is -1.75. The van der Waals surface area contributed by atoms with Crippen molar-refractivity contribution in [3.05, 3.63) is 47.5 Å². The van der Waals surface area contributed by atoms with E-state index in [1.54, 1.807) is 14.2 Å². The van der Waals surface area contributed by atoms with Crippen LogP contribution in [0.2, 0.25) is 5.02 Å². The van der Waals surface area contributed by atoms with Crippen LogP contribution in [0.4, 0.5) is 11.4 Å². The number of hydrogen-bond acceptors (Lipinski definition) is 4. The molecule has 2 N–H and O–H groups in total. The zero-order valence-electron chi connectivity index (χ0n) is 13.6. The molecule has 0 aliphatic carbocycles. The zero-order chi connectivity index (χ0) is 16.7. The van der Waals surface area contributed by atoms with Crippen molar-refractivity contribution in [2.45, 2.75) is 0 Å². The zero-order valence-corrected chi connectivity index (χ0v) is 14.3. The van der Waals surface area contributed by atoms with Gasteiger partial charge in [0.15, 0.2) is 0 Å². The second-order valence-electron chi connectivity index (χ2n) is 5.26. The van der Waals surface area contributed by atoms with Gasteiger partial charge in [0, 0.05) is 49.3 Å². The lowest BCUT2D eigenvalue weighted by atomic mass is 10.0. The standard InChI is InChI=1S/C18H23ClN2O2/c1-22-10-8-21(9-11-23-2)18-7-6-16(20)13-17(18)14-4-3-5-15(19)12-14/h3-7,12-13H,8-11,20H2,1-2H3. The molecule has 0 aliphatic heterocycles. The molecule has 0 amide bonds. The van der Waals surface area contributed by atoms with Crippen molar-refractivity contribution in [3.63, 3.8) is 0 Å². The predicted molar refractivity (Wildman–Crippen MR) is 97.3 cm³/mol. The van der Waals surface area contributed by atoms with Crippen molar-refractivity contribution in [1.82, 2.24) is 0 Å². The molecule has 0 aromatic heterocycles. The summed E-state index contributed by atoms with van der Waals surface area (Å²) in [5, 5.41) is 0.705. The van der Waals surface area contributed by atoms with E-state index in [0.717, 1.165) is 35.6 Å². The third-order valence-electron chi connectivity index (χ3n) is 3.63. The van der Waals surface area contributed by atoms with E-state index in [2.05, 4.69) is 4.90 Å². The molecule has 0 unspecified atom stereocenters. The van der Waals surface area contributed by atoms with Gasteiger partial charge >= 0.3 is 0 Å². The molecule has 2 rings (SSSR count). The van der Waals surface area contributed by atoms with Gasteiger partial charge < -0.3 is 20.1 Å². The van der Waals surface area contributed by atoms with E-state index in [4.69, 9.17) is 26.8 Å². The van der Waals surface area contributed by atoms with Gasteiger partial charge in [0.25, 0.3) is 0 Å². The molecule has 0 radical (unpaired) electrons. The number of methoxy groups -OCH3 is 2.